The zero-order valence-corrected chi connectivity index (χ0v) is 12.4. The Morgan fingerprint density at radius 1 is 0.955 bits per heavy atom. The number of carbonyl (C=O) groups excluding carboxylic acids is 1. The Morgan fingerprint density at radius 3 is 2.45 bits per heavy atom. The molecule has 0 unspecified atom stereocenters. The van der Waals surface area contributed by atoms with Crippen LogP contribution in [0.1, 0.15) is 17.3 Å². The number of aromatic nitrogens is 1. The van der Waals surface area contributed by atoms with E-state index in [0.29, 0.717) is 5.56 Å². The molecule has 0 aliphatic rings. The first-order chi connectivity index (χ1) is 10.8. The fourth-order valence-electron chi connectivity index (χ4n) is 2.50. The monoisotopic (exact) mass is 292 g/mol. The van der Waals surface area contributed by atoms with E-state index >= 15 is 0 Å². The number of rotatable bonds is 4. The molecule has 0 aliphatic carbocycles. The van der Waals surface area contributed by atoms with Gasteiger partial charge in [-0.25, -0.2) is 4.57 Å². The summed E-state index contributed by atoms with van der Waals surface area (Å²) in [4.78, 5) is 12.1. The lowest BCUT2D eigenvalue weighted by atomic mass is 10.2. The summed E-state index contributed by atoms with van der Waals surface area (Å²) in [6, 6.07) is 21.3. The molecule has 0 spiro atoms. The lowest BCUT2D eigenvalue weighted by Crippen LogP contribution is -2.41. The van der Waals surface area contributed by atoms with Gasteiger partial charge in [0.2, 0.25) is 0 Å². The lowest BCUT2D eigenvalue weighted by molar-refractivity contribution is -0.653. The number of fused-ring (bicyclic) bond motifs is 1. The fourth-order valence-corrected chi connectivity index (χ4v) is 2.50. The number of hydrazine groups is 1. The smallest absolute Gasteiger partial charge is 0.266 e. The third-order valence-corrected chi connectivity index (χ3v) is 3.60. The molecule has 1 heterocycles. The van der Waals surface area contributed by atoms with Crippen LogP contribution in [0.4, 0.5) is 5.82 Å². The number of amides is 1. The first-order valence-electron chi connectivity index (χ1n) is 7.32. The van der Waals surface area contributed by atoms with Gasteiger partial charge in [-0.15, -0.1) is 0 Å². The van der Waals surface area contributed by atoms with E-state index in [1.807, 2.05) is 42.5 Å². The Kier molecular flexibility index (Phi) is 4.01. The van der Waals surface area contributed by atoms with Crippen molar-refractivity contribution in [2.45, 2.75) is 13.5 Å². The molecule has 4 heteroatoms. The largest absolute Gasteiger partial charge is 0.298 e. The van der Waals surface area contributed by atoms with Gasteiger partial charge in [0, 0.05) is 17.0 Å². The van der Waals surface area contributed by atoms with Gasteiger partial charge in [0.15, 0.2) is 0 Å². The minimum Gasteiger partial charge on any atom is -0.266 e. The summed E-state index contributed by atoms with van der Waals surface area (Å²) in [5, 5.41) is 1.17. The second-order valence-electron chi connectivity index (χ2n) is 4.97. The number of nitrogens with one attached hydrogen (secondary N) is 2. The summed E-state index contributed by atoms with van der Waals surface area (Å²) in [6.45, 7) is 2.89. The Bertz CT molecular complexity index is 800. The molecule has 0 bridgehead atoms. The number of hydrogen-bond donors (Lipinski definition) is 2. The fraction of sp³-hybridized carbons (Fsp3) is 0.111. The van der Waals surface area contributed by atoms with Crippen LogP contribution < -0.4 is 15.4 Å². The normalized spacial score (nSPS) is 10.4. The van der Waals surface area contributed by atoms with Gasteiger partial charge in [0.05, 0.1) is 6.54 Å². The molecule has 0 saturated heterocycles. The van der Waals surface area contributed by atoms with E-state index in [0.717, 1.165) is 17.9 Å². The number of hydrogen-bond acceptors (Lipinski definition) is 2. The van der Waals surface area contributed by atoms with Gasteiger partial charge in [-0.2, -0.15) is 10.9 Å². The number of aryl methyl sites for hydroxylation is 1. The summed E-state index contributed by atoms with van der Waals surface area (Å²) in [5.74, 6) is 0.696. The summed E-state index contributed by atoms with van der Waals surface area (Å²) < 4.78 is 2.13. The van der Waals surface area contributed by atoms with Crippen molar-refractivity contribution in [2.75, 3.05) is 5.43 Å². The van der Waals surface area contributed by atoms with Crippen molar-refractivity contribution in [1.82, 2.24) is 5.43 Å². The highest BCUT2D eigenvalue weighted by molar-refractivity contribution is 5.94. The molecule has 1 amide bonds. The quantitative estimate of drug-likeness (QED) is 0.573. The maximum atomic E-state index is 12.1. The molecule has 0 aliphatic heterocycles. The van der Waals surface area contributed by atoms with Crippen molar-refractivity contribution in [3.63, 3.8) is 0 Å². The standard InChI is InChI=1S/C18H17N3O/c1-2-21-16-11-7-6-8-14(16)12-13-17(21)19-20-18(22)15-9-4-3-5-10-15/h3-13H,2H2,1H3,(H,20,22)/p+1. The molecule has 2 N–H and O–H groups in total. The Morgan fingerprint density at radius 2 is 1.68 bits per heavy atom. The van der Waals surface area contributed by atoms with E-state index < -0.39 is 0 Å². The minimum absolute atomic E-state index is 0.156. The van der Waals surface area contributed by atoms with Crippen molar-refractivity contribution >= 4 is 22.6 Å². The maximum absolute atomic E-state index is 12.1. The Hall–Kier alpha value is -2.88. The van der Waals surface area contributed by atoms with E-state index in [1.165, 1.54) is 5.39 Å². The van der Waals surface area contributed by atoms with E-state index in [-0.39, 0.29) is 5.91 Å². The molecular weight excluding hydrogens is 274 g/mol. The molecule has 3 aromatic rings. The van der Waals surface area contributed by atoms with Gasteiger partial charge in [0.1, 0.15) is 5.52 Å². The summed E-state index contributed by atoms with van der Waals surface area (Å²) in [7, 11) is 0. The third kappa shape index (κ3) is 2.76. The number of nitrogens with zero attached hydrogens (tertiary/aromatic N) is 1. The molecule has 0 radical (unpaired) electrons. The maximum Gasteiger partial charge on any atom is 0.298 e. The second kappa shape index (κ2) is 6.26. The molecule has 0 saturated carbocycles. The molecule has 22 heavy (non-hydrogen) atoms. The third-order valence-electron chi connectivity index (χ3n) is 3.60. The highest BCUT2D eigenvalue weighted by atomic mass is 16.2. The predicted molar refractivity (Wildman–Crippen MR) is 87.3 cm³/mol. The average Bonchev–Trinajstić information content (AvgIpc) is 2.59. The number of para-hydroxylation sites is 1. The van der Waals surface area contributed by atoms with Crippen LogP contribution in [0.15, 0.2) is 66.7 Å². The molecule has 110 valence electrons. The van der Waals surface area contributed by atoms with Crippen LogP contribution in [-0.4, -0.2) is 5.91 Å². The van der Waals surface area contributed by atoms with Crippen LogP contribution >= 0.6 is 0 Å². The highest BCUT2D eigenvalue weighted by Crippen LogP contribution is 2.12. The summed E-state index contributed by atoms with van der Waals surface area (Å²) in [5.41, 5.74) is 7.52. The van der Waals surface area contributed by atoms with Crippen LogP contribution in [0.25, 0.3) is 10.9 Å². The highest BCUT2D eigenvalue weighted by Gasteiger charge is 2.13. The van der Waals surface area contributed by atoms with Crippen LogP contribution in [0.3, 0.4) is 0 Å². The van der Waals surface area contributed by atoms with Crippen LogP contribution in [0.5, 0.6) is 0 Å². The Balaban J connectivity index is 1.83. The van der Waals surface area contributed by atoms with Gasteiger partial charge in [-0.05, 0) is 31.2 Å². The zero-order valence-electron chi connectivity index (χ0n) is 12.4. The van der Waals surface area contributed by atoms with Crippen molar-refractivity contribution in [3.05, 3.63) is 72.3 Å². The van der Waals surface area contributed by atoms with E-state index in [2.05, 4.69) is 34.5 Å². The molecule has 0 atom stereocenters. The van der Waals surface area contributed by atoms with Crippen LogP contribution in [-0.2, 0) is 6.54 Å². The van der Waals surface area contributed by atoms with Crippen molar-refractivity contribution < 1.29 is 9.36 Å². The van der Waals surface area contributed by atoms with E-state index in [1.54, 1.807) is 12.1 Å². The lowest BCUT2D eigenvalue weighted by Gasteiger charge is -2.09. The van der Waals surface area contributed by atoms with Gasteiger partial charge in [-0.3, -0.25) is 4.79 Å². The molecular formula is C18H18N3O+. The van der Waals surface area contributed by atoms with Crippen LogP contribution in [0.2, 0.25) is 0 Å². The zero-order chi connectivity index (χ0) is 15.4. The van der Waals surface area contributed by atoms with Crippen molar-refractivity contribution in [2.24, 2.45) is 0 Å². The topological polar surface area (TPSA) is 45.0 Å². The van der Waals surface area contributed by atoms with Gasteiger partial charge < -0.3 is 0 Å². The van der Waals surface area contributed by atoms with Gasteiger partial charge in [-0.1, -0.05) is 36.4 Å². The number of pyridine rings is 1. The first kappa shape index (κ1) is 14.1. The summed E-state index contributed by atoms with van der Waals surface area (Å²) >= 11 is 0. The van der Waals surface area contributed by atoms with Crippen molar-refractivity contribution in [1.29, 1.82) is 0 Å². The second-order valence-corrected chi connectivity index (χ2v) is 4.97. The van der Waals surface area contributed by atoms with Gasteiger partial charge >= 0.3 is 0 Å². The molecule has 4 nitrogen and oxygen atoms in total. The van der Waals surface area contributed by atoms with Gasteiger partial charge in [0.25, 0.3) is 11.7 Å². The summed E-state index contributed by atoms with van der Waals surface area (Å²) in [6.07, 6.45) is 0. The van der Waals surface area contributed by atoms with E-state index in [9.17, 15) is 4.79 Å². The molecule has 1 aromatic heterocycles. The SMILES string of the molecule is CC[n+]1c(NNC(=O)c2ccccc2)ccc2ccccc21. The number of benzene rings is 2. The first-order valence-corrected chi connectivity index (χ1v) is 7.32. The van der Waals surface area contributed by atoms with E-state index in [4.69, 9.17) is 0 Å². The molecule has 0 fully saturated rings. The van der Waals surface area contributed by atoms with Crippen LogP contribution in [0, 0.1) is 0 Å². The number of carbonyl (C=O) groups is 1. The Labute approximate surface area is 129 Å². The number of anilines is 1. The average molecular weight is 292 g/mol. The predicted octanol–water partition coefficient (Wildman–Crippen LogP) is 2.90. The van der Waals surface area contributed by atoms with Crippen molar-refractivity contribution in [3.8, 4) is 0 Å². The molecule has 3 rings (SSSR count). The minimum atomic E-state index is -0.156. The molecule has 2 aromatic carbocycles.